The van der Waals surface area contributed by atoms with Crippen LogP contribution in [-0.2, 0) is 4.79 Å². The van der Waals surface area contributed by atoms with Crippen LogP contribution in [0.3, 0.4) is 0 Å². The summed E-state index contributed by atoms with van der Waals surface area (Å²) < 4.78 is 6.26. The predicted octanol–water partition coefficient (Wildman–Crippen LogP) is 5.66. The van der Waals surface area contributed by atoms with E-state index in [0.29, 0.717) is 6.42 Å². The first kappa shape index (κ1) is 16.4. The molecule has 5 heteroatoms. The maximum Gasteiger partial charge on any atom is 0.225 e. The molecule has 1 atom stereocenters. The number of fused-ring (bicyclic) bond motifs is 1. The van der Waals surface area contributed by atoms with Gasteiger partial charge in [-0.1, -0.05) is 40.2 Å². The summed E-state index contributed by atoms with van der Waals surface area (Å²) in [5, 5.41) is 5.21. The Morgan fingerprint density at radius 3 is 2.72 bits per heavy atom. The van der Waals surface area contributed by atoms with Gasteiger partial charge in [0.25, 0.3) is 0 Å². The molecule has 0 saturated carbocycles. The van der Waals surface area contributed by atoms with Gasteiger partial charge in [0.15, 0.2) is 0 Å². The lowest BCUT2D eigenvalue weighted by atomic mass is 9.89. The van der Waals surface area contributed by atoms with Gasteiger partial charge in [-0.2, -0.15) is 0 Å². The summed E-state index contributed by atoms with van der Waals surface area (Å²) in [6, 6.07) is 16.1. The van der Waals surface area contributed by atoms with Gasteiger partial charge >= 0.3 is 0 Å². The molecule has 0 bridgehead atoms. The molecule has 2 heterocycles. The minimum atomic E-state index is 0.0608. The van der Waals surface area contributed by atoms with Crippen LogP contribution in [0.2, 0.25) is 0 Å². The fourth-order valence-electron chi connectivity index (χ4n) is 3.20. The number of carbonyl (C=O) groups is 1. The van der Waals surface area contributed by atoms with Crippen LogP contribution in [0, 0.1) is 0 Å². The Labute approximate surface area is 158 Å². The summed E-state index contributed by atoms with van der Waals surface area (Å²) in [7, 11) is 1.66. The Hall–Kier alpha value is -2.11. The normalized spacial score (nSPS) is 16.2. The highest BCUT2D eigenvalue weighted by atomic mass is 79.9. The summed E-state index contributed by atoms with van der Waals surface area (Å²) in [5.74, 6) is 0.979. The van der Waals surface area contributed by atoms with Crippen LogP contribution >= 0.6 is 27.3 Å². The number of thiophene rings is 1. The lowest BCUT2D eigenvalue weighted by molar-refractivity contribution is -0.116. The van der Waals surface area contributed by atoms with Crippen molar-refractivity contribution in [3.8, 4) is 16.9 Å². The molecule has 0 fully saturated rings. The Morgan fingerprint density at radius 2 is 2.00 bits per heavy atom. The number of anilines is 1. The number of amides is 1. The van der Waals surface area contributed by atoms with Gasteiger partial charge in [-0.25, -0.2) is 0 Å². The molecule has 0 spiro atoms. The number of carbonyl (C=O) groups excluding carboxylic acids is 1. The van der Waals surface area contributed by atoms with Crippen LogP contribution in [0.1, 0.15) is 22.8 Å². The molecule has 1 amide bonds. The number of ether oxygens (including phenoxy) is 1. The van der Waals surface area contributed by atoms with E-state index in [1.165, 1.54) is 4.88 Å². The first-order valence-corrected chi connectivity index (χ1v) is 9.64. The van der Waals surface area contributed by atoms with Crippen LogP contribution in [0.25, 0.3) is 11.1 Å². The standard InChI is InChI=1S/C20H16BrNO2S/c1-24-15-7-5-12(6-8-15)17-11-25-20-16(10-18(23)22-19(17)20)13-3-2-4-14(21)9-13/h2-9,11,16H,10H2,1H3,(H,22,23)/t16-/m1/s1. The van der Waals surface area contributed by atoms with Crippen LogP contribution in [0.5, 0.6) is 5.75 Å². The van der Waals surface area contributed by atoms with Crippen molar-refractivity contribution in [1.29, 1.82) is 0 Å². The smallest absolute Gasteiger partial charge is 0.225 e. The van der Waals surface area contributed by atoms with Crippen molar-refractivity contribution in [2.45, 2.75) is 12.3 Å². The Kier molecular flexibility index (Phi) is 4.36. The second-order valence-electron chi connectivity index (χ2n) is 5.98. The van der Waals surface area contributed by atoms with E-state index in [1.54, 1.807) is 18.4 Å². The second-order valence-corrected chi connectivity index (χ2v) is 7.80. The van der Waals surface area contributed by atoms with E-state index in [4.69, 9.17) is 4.74 Å². The van der Waals surface area contributed by atoms with Crippen molar-refractivity contribution in [3.63, 3.8) is 0 Å². The van der Waals surface area contributed by atoms with E-state index >= 15 is 0 Å². The Morgan fingerprint density at radius 1 is 1.20 bits per heavy atom. The molecule has 1 N–H and O–H groups in total. The van der Waals surface area contributed by atoms with E-state index in [0.717, 1.165) is 32.6 Å². The molecule has 0 saturated heterocycles. The Bertz CT molecular complexity index is 933. The highest BCUT2D eigenvalue weighted by Crippen LogP contribution is 2.46. The van der Waals surface area contributed by atoms with Gasteiger partial charge in [0.1, 0.15) is 5.75 Å². The molecule has 3 nitrogen and oxygen atoms in total. The van der Waals surface area contributed by atoms with E-state index in [1.807, 2.05) is 36.4 Å². The Balaban J connectivity index is 1.78. The second kappa shape index (κ2) is 6.65. The quantitative estimate of drug-likeness (QED) is 0.601. The number of rotatable bonds is 3. The molecule has 25 heavy (non-hydrogen) atoms. The third-order valence-corrected chi connectivity index (χ3v) is 6.03. The minimum absolute atomic E-state index is 0.0608. The predicted molar refractivity (Wildman–Crippen MR) is 106 cm³/mol. The van der Waals surface area contributed by atoms with Gasteiger partial charge in [-0.3, -0.25) is 4.79 Å². The number of hydrogen-bond donors (Lipinski definition) is 1. The highest BCUT2D eigenvalue weighted by molar-refractivity contribution is 9.10. The van der Waals surface area contributed by atoms with Crippen molar-refractivity contribution < 1.29 is 9.53 Å². The fraction of sp³-hybridized carbons (Fsp3) is 0.150. The van der Waals surface area contributed by atoms with Gasteiger partial charge in [-0.15, -0.1) is 11.3 Å². The van der Waals surface area contributed by atoms with Gasteiger partial charge in [0.05, 0.1) is 12.8 Å². The number of hydrogen-bond acceptors (Lipinski definition) is 3. The number of benzene rings is 2. The van der Waals surface area contributed by atoms with Gasteiger partial charge in [-0.05, 0) is 35.4 Å². The van der Waals surface area contributed by atoms with Crippen molar-refractivity contribution >= 4 is 38.9 Å². The van der Waals surface area contributed by atoms with Gasteiger partial charge < -0.3 is 10.1 Å². The van der Waals surface area contributed by atoms with E-state index in [2.05, 4.69) is 38.8 Å². The average molecular weight is 414 g/mol. The molecular weight excluding hydrogens is 398 g/mol. The summed E-state index contributed by atoms with van der Waals surface area (Å²) in [5.41, 5.74) is 4.24. The van der Waals surface area contributed by atoms with Crippen molar-refractivity contribution in [2.24, 2.45) is 0 Å². The molecule has 1 aromatic heterocycles. The molecule has 2 aromatic carbocycles. The summed E-state index contributed by atoms with van der Waals surface area (Å²) in [6.07, 6.45) is 0.478. The van der Waals surface area contributed by atoms with Crippen molar-refractivity contribution in [2.75, 3.05) is 12.4 Å². The molecule has 0 aliphatic carbocycles. The topological polar surface area (TPSA) is 38.3 Å². The van der Waals surface area contributed by atoms with Crippen LogP contribution in [-0.4, -0.2) is 13.0 Å². The maximum absolute atomic E-state index is 12.3. The molecule has 3 aromatic rings. The monoisotopic (exact) mass is 413 g/mol. The molecule has 4 rings (SSSR count). The SMILES string of the molecule is COc1ccc(-c2csc3c2NC(=O)C[C@@H]3c2cccc(Br)c2)cc1. The molecule has 0 unspecified atom stereocenters. The fourth-order valence-corrected chi connectivity index (χ4v) is 4.78. The van der Waals surface area contributed by atoms with E-state index in [-0.39, 0.29) is 11.8 Å². The van der Waals surface area contributed by atoms with Crippen LogP contribution < -0.4 is 10.1 Å². The summed E-state index contributed by atoms with van der Waals surface area (Å²) >= 11 is 5.24. The zero-order chi connectivity index (χ0) is 17.4. The number of nitrogens with one attached hydrogen (secondary N) is 1. The average Bonchev–Trinajstić information content (AvgIpc) is 3.04. The van der Waals surface area contributed by atoms with Gasteiger partial charge in [0, 0.05) is 32.6 Å². The van der Waals surface area contributed by atoms with E-state index < -0.39 is 0 Å². The lowest BCUT2D eigenvalue weighted by Gasteiger charge is -2.24. The first-order chi connectivity index (χ1) is 12.2. The van der Waals surface area contributed by atoms with E-state index in [9.17, 15) is 4.79 Å². The molecule has 1 aliphatic rings. The molecule has 0 radical (unpaired) electrons. The lowest BCUT2D eigenvalue weighted by Crippen LogP contribution is -2.22. The van der Waals surface area contributed by atoms with Crippen LogP contribution in [0.4, 0.5) is 5.69 Å². The molecular formula is C20H16BrNO2S. The molecule has 126 valence electrons. The largest absolute Gasteiger partial charge is 0.497 e. The zero-order valence-corrected chi connectivity index (χ0v) is 16.0. The highest BCUT2D eigenvalue weighted by Gasteiger charge is 2.30. The van der Waals surface area contributed by atoms with Crippen molar-refractivity contribution in [1.82, 2.24) is 0 Å². The zero-order valence-electron chi connectivity index (χ0n) is 13.6. The first-order valence-electron chi connectivity index (χ1n) is 7.97. The minimum Gasteiger partial charge on any atom is -0.497 e. The summed E-state index contributed by atoms with van der Waals surface area (Å²) in [6.45, 7) is 0. The summed E-state index contributed by atoms with van der Waals surface area (Å²) in [4.78, 5) is 13.5. The maximum atomic E-state index is 12.3. The van der Waals surface area contributed by atoms with Crippen LogP contribution in [0.15, 0.2) is 58.4 Å². The molecule has 1 aliphatic heterocycles. The number of methoxy groups -OCH3 is 1. The third kappa shape index (κ3) is 3.10. The van der Waals surface area contributed by atoms with Crippen molar-refractivity contribution in [3.05, 3.63) is 68.8 Å². The van der Waals surface area contributed by atoms with Gasteiger partial charge in [0.2, 0.25) is 5.91 Å². The number of halogens is 1. The third-order valence-electron chi connectivity index (χ3n) is 4.44.